The number of carbonyl (C=O) groups is 1. The molecule has 98 valence electrons. The van der Waals surface area contributed by atoms with Crippen molar-refractivity contribution in [2.45, 2.75) is 38.6 Å². The molecule has 1 N–H and O–H groups in total. The molecule has 2 atom stereocenters. The van der Waals surface area contributed by atoms with Crippen LogP contribution in [0, 0.1) is 5.92 Å². The third kappa shape index (κ3) is 2.81. The van der Waals surface area contributed by atoms with E-state index in [2.05, 4.69) is 24.1 Å². The number of nitrogens with zero attached hydrogens (tertiary/aromatic N) is 1. The minimum Gasteiger partial charge on any atom is -0.481 e. The second-order valence-corrected chi connectivity index (χ2v) is 5.25. The summed E-state index contributed by atoms with van der Waals surface area (Å²) < 4.78 is 5.05. The summed E-state index contributed by atoms with van der Waals surface area (Å²) in [7, 11) is 1.60. The van der Waals surface area contributed by atoms with Crippen LogP contribution < -0.4 is 10.1 Å². The zero-order valence-corrected chi connectivity index (χ0v) is 11.1. The molecule has 18 heavy (non-hydrogen) atoms. The first-order valence-corrected chi connectivity index (χ1v) is 6.39. The Labute approximate surface area is 108 Å². The molecule has 2 unspecified atom stereocenters. The molecule has 1 amide bonds. The normalized spacial score (nSPS) is 23.2. The van der Waals surface area contributed by atoms with Gasteiger partial charge in [0, 0.05) is 30.6 Å². The van der Waals surface area contributed by atoms with Gasteiger partial charge in [-0.1, -0.05) is 19.9 Å². The fraction of sp³-hybridized carbons (Fsp3) is 0.571. The molecule has 0 spiro atoms. The third-order valence-electron chi connectivity index (χ3n) is 3.36. The SMILES string of the molecule is COc1ccc(C2CC(=O)NC2CC(C)C)cn1. The topological polar surface area (TPSA) is 51.2 Å². The number of hydrogen-bond acceptors (Lipinski definition) is 3. The first-order chi connectivity index (χ1) is 8.60. The van der Waals surface area contributed by atoms with Crippen LogP contribution >= 0.6 is 0 Å². The van der Waals surface area contributed by atoms with Crippen molar-refractivity contribution in [1.82, 2.24) is 10.3 Å². The monoisotopic (exact) mass is 248 g/mol. The maximum absolute atomic E-state index is 11.6. The molecule has 1 aromatic rings. The Kier molecular flexibility index (Phi) is 3.84. The number of rotatable bonds is 4. The van der Waals surface area contributed by atoms with Crippen LogP contribution in [0.25, 0.3) is 0 Å². The molecule has 0 aromatic carbocycles. The number of methoxy groups -OCH3 is 1. The summed E-state index contributed by atoms with van der Waals surface area (Å²) in [6.45, 7) is 4.35. The van der Waals surface area contributed by atoms with E-state index in [1.54, 1.807) is 7.11 Å². The minimum atomic E-state index is 0.140. The van der Waals surface area contributed by atoms with Crippen LogP contribution in [0.4, 0.5) is 0 Å². The summed E-state index contributed by atoms with van der Waals surface area (Å²) in [5.74, 6) is 1.55. The van der Waals surface area contributed by atoms with E-state index in [4.69, 9.17) is 4.74 Å². The molecule has 1 saturated heterocycles. The minimum absolute atomic E-state index is 0.140. The second-order valence-electron chi connectivity index (χ2n) is 5.25. The Morgan fingerprint density at radius 3 is 2.83 bits per heavy atom. The molecular weight excluding hydrogens is 228 g/mol. The summed E-state index contributed by atoms with van der Waals surface area (Å²) in [4.78, 5) is 15.8. The van der Waals surface area contributed by atoms with E-state index in [0.717, 1.165) is 12.0 Å². The lowest BCUT2D eigenvalue weighted by atomic mass is 9.88. The van der Waals surface area contributed by atoms with Gasteiger partial charge >= 0.3 is 0 Å². The Bertz CT molecular complexity index is 414. The maximum atomic E-state index is 11.6. The average Bonchev–Trinajstić information content (AvgIpc) is 2.69. The van der Waals surface area contributed by atoms with Gasteiger partial charge in [0.25, 0.3) is 0 Å². The van der Waals surface area contributed by atoms with Gasteiger partial charge in [0.1, 0.15) is 0 Å². The van der Waals surface area contributed by atoms with Crippen LogP contribution in [-0.4, -0.2) is 24.0 Å². The highest BCUT2D eigenvalue weighted by Crippen LogP contribution is 2.31. The van der Waals surface area contributed by atoms with Crippen molar-refractivity contribution in [3.8, 4) is 5.88 Å². The van der Waals surface area contributed by atoms with Crippen molar-refractivity contribution in [3.05, 3.63) is 23.9 Å². The molecule has 4 heteroatoms. The van der Waals surface area contributed by atoms with Crippen LogP contribution in [0.1, 0.15) is 38.2 Å². The van der Waals surface area contributed by atoms with Gasteiger partial charge in [-0.25, -0.2) is 4.98 Å². The van der Waals surface area contributed by atoms with E-state index in [9.17, 15) is 4.79 Å². The van der Waals surface area contributed by atoms with Crippen LogP contribution in [-0.2, 0) is 4.79 Å². The molecular formula is C14H20N2O2. The van der Waals surface area contributed by atoms with Gasteiger partial charge in [0.05, 0.1) is 7.11 Å². The lowest BCUT2D eigenvalue weighted by molar-refractivity contribution is -0.119. The summed E-state index contributed by atoms with van der Waals surface area (Å²) in [5, 5.41) is 3.06. The zero-order valence-electron chi connectivity index (χ0n) is 11.1. The van der Waals surface area contributed by atoms with Crippen molar-refractivity contribution in [3.63, 3.8) is 0 Å². The number of ether oxygens (including phenoxy) is 1. The van der Waals surface area contributed by atoms with Crippen molar-refractivity contribution in [2.75, 3.05) is 7.11 Å². The molecule has 0 aliphatic carbocycles. The largest absolute Gasteiger partial charge is 0.481 e. The Balaban J connectivity index is 2.15. The second kappa shape index (κ2) is 5.38. The highest BCUT2D eigenvalue weighted by molar-refractivity contribution is 5.80. The number of aromatic nitrogens is 1. The lowest BCUT2D eigenvalue weighted by Crippen LogP contribution is -2.29. The lowest BCUT2D eigenvalue weighted by Gasteiger charge is -2.20. The number of carbonyl (C=O) groups excluding carboxylic acids is 1. The van der Waals surface area contributed by atoms with E-state index in [-0.39, 0.29) is 17.9 Å². The quantitative estimate of drug-likeness (QED) is 0.887. The molecule has 2 heterocycles. The fourth-order valence-corrected chi connectivity index (χ4v) is 2.52. The Hall–Kier alpha value is -1.58. The molecule has 1 aliphatic heterocycles. The summed E-state index contributed by atoms with van der Waals surface area (Å²) in [6.07, 6.45) is 3.38. The standard InChI is InChI=1S/C14H20N2O2/c1-9(2)6-12-11(7-13(17)16-12)10-4-5-14(18-3)15-8-10/h4-5,8-9,11-12H,6-7H2,1-3H3,(H,16,17). The van der Waals surface area contributed by atoms with Gasteiger partial charge in [0.15, 0.2) is 0 Å². The Morgan fingerprint density at radius 2 is 2.28 bits per heavy atom. The fourth-order valence-electron chi connectivity index (χ4n) is 2.52. The highest BCUT2D eigenvalue weighted by Gasteiger charge is 2.33. The highest BCUT2D eigenvalue weighted by atomic mass is 16.5. The predicted octanol–water partition coefficient (Wildman–Crippen LogP) is 2.11. The number of amides is 1. The molecule has 1 fully saturated rings. The summed E-state index contributed by atoms with van der Waals surface area (Å²) in [6, 6.07) is 4.09. The van der Waals surface area contributed by atoms with E-state index in [1.807, 2.05) is 18.3 Å². The maximum Gasteiger partial charge on any atom is 0.220 e. The molecule has 0 saturated carbocycles. The van der Waals surface area contributed by atoms with Crippen LogP contribution in [0.2, 0.25) is 0 Å². The molecule has 1 aromatic heterocycles. The van der Waals surface area contributed by atoms with Gasteiger partial charge in [-0.3, -0.25) is 4.79 Å². The predicted molar refractivity (Wildman–Crippen MR) is 69.5 cm³/mol. The van der Waals surface area contributed by atoms with Crippen molar-refractivity contribution in [1.29, 1.82) is 0 Å². The number of hydrogen-bond donors (Lipinski definition) is 1. The third-order valence-corrected chi connectivity index (χ3v) is 3.36. The number of nitrogens with one attached hydrogen (secondary N) is 1. The van der Waals surface area contributed by atoms with Crippen LogP contribution in [0.15, 0.2) is 18.3 Å². The zero-order chi connectivity index (χ0) is 13.1. The molecule has 2 rings (SSSR count). The van der Waals surface area contributed by atoms with E-state index in [0.29, 0.717) is 18.2 Å². The van der Waals surface area contributed by atoms with E-state index in [1.165, 1.54) is 0 Å². The van der Waals surface area contributed by atoms with Crippen LogP contribution in [0.3, 0.4) is 0 Å². The molecule has 0 radical (unpaired) electrons. The van der Waals surface area contributed by atoms with Gasteiger partial charge in [-0.2, -0.15) is 0 Å². The van der Waals surface area contributed by atoms with E-state index >= 15 is 0 Å². The Morgan fingerprint density at radius 1 is 1.50 bits per heavy atom. The van der Waals surface area contributed by atoms with E-state index < -0.39 is 0 Å². The van der Waals surface area contributed by atoms with Gasteiger partial charge in [0.2, 0.25) is 11.8 Å². The smallest absolute Gasteiger partial charge is 0.220 e. The van der Waals surface area contributed by atoms with Crippen molar-refractivity contribution in [2.24, 2.45) is 5.92 Å². The van der Waals surface area contributed by atoms with Crippen molar-refractivity contribution < 1.29 is 9.53 Å². The average molecular weight is 248 g/mol. The summed E-state index contributed by atoms with van der Waals surface area (Å²) >= 11 is 0. The van der Waals surface area contributed by atoms with Gasteiger partial charge in [-0.05, 0) is 17.9 Å². The van der Waals surface area contributed by atoms with Crippen LogP contribution in [0.5, 0.6) is 5.88 Å². The molecule has 4 nitrogen and oxygen atoms in total. The first-order valence-electron chi connectivity index (χ1n) is 6.39. The molecule has 0 bridgehead atoms. The first kappa shape index (κ1) is 12.9. The van der Waals surface area contributed by atoms with Gasteiger partial charge < -0.3 is 10.1 Å². The van der Waals surface area contributed by atoms with Gasteiger partial charge in [-0.15, -0.1) is 0 Å². The number of pyridine rings is 1. The summed E-state index contributed by atoms with van der Waals surface area (Å²) in [5.41, 5.74) is 1.11. The van der Waals surface area contributed by atoms with Crippen molar-refractivity contribution >= 4 is 5.91 Å². The molecule has 1 aliphatic rings.